The number of nitrogens with zero attached hydrogens (tertiary/aromatic N) is 3. The van der Waals surface area contributed by atoms with E-state index < -0.39 is 0 Å². The molecule has 1 fully saturated rings. The van der Waals surface area contributed by atoms with Gasteiger partial charge in [0.15, 0.2) is 0 Å². The Morgan fingerprint density at radius 3 is 2.73 bits per heavy atom. The lowest BCUT2D eigenvalue weighted by Gasteiger charge is -2.35. The molecule has 1 aromatic rings. The van der Waals surface area contributed by atoms with Crippen molar-refractivity contribution in [3.63, 3.8) is 0 Å². The molecule has 0 aromatic carbocycles. The van der Waals surface area contributed by atoms with Crippen LogP contribution in [0.2, 0.25) is 0 Å². The van der Waals surface area contributed by atoms with Crippen LogP contribution in [-0.4, -0.2) is 67.6 Å². The van der Waals surface area contributed by atoms with E-state index in [2.05, 4.69) is 39.3 Å². The van der Waals surface area contributed by atoms with Crippen molar-refractivity contribution in [2.45, 2.75) is 19.9 Å². The summed E-state index contributed by atoms with van der Waals surface area (Å²) in [6.07, 6.45) is 1.82. The third-order valence-electron chi connectivity index (χ3n) is 3.87. The third-order valence-corrected chi connectivity index (χ3v) is 3.87. The number of amides is 1. The maximum absolute atomic E-state index is 12.0. The van der Waals surface area contributed by atoms with Crippen LogP contribution in [-0.2, 0) is 4.79 Å². The van der Waals surface area contributed by atoms with Crippen LogP contribution in [0.4, 0.5) is 5.82 Å². The molecule has 0 radical (unpaired) electrons. The van der Waals surface area contributed by atoms with Crippen molar-refractivity contribution in [2.75, 3.05) is 50.7 Å². The molecule has 1 amide bonds. The predicted octanol–water partition coefficient (Wildman–Crippen LogP) is 0.318. The lowest BCUT2D eigenvalue weighted by Crippen LogP contribution is -2.50. The number of hydrogen-bond acceptors (Lipinski definition) is 5. The Kier molecular flexibility index (Phi) is 6.61. The van der Waals surface area contributed by atoms with Crippen molar-refractivity contribution in [1.82, 2.24) is 20.5 Å². The minimum Gasteiger partial charge on any atom is -0.354 e. The van der Waals surface area contributed by atoms with Crippen LogP contribution in [0.3, 0.4) is 0 Å². The van der Waals surface area contributed by atoms with E-state index in [-0.39, 0.29) is 5.91 Å². The number of hydrogen-bond donors (Lipinski definition) is 2. The normalized spacial score (nSPS) is 17.3. The monoisotopic (exact) mass is 305 g/mol. The molecule has 1 aliphatic rings. The molecule has 2 heterocycles. The molecule has 0 aliphatic carbocycles. The minimum atomic E-state index is 0.107. The molecule has 2 N–H and O–H groups in total. The number of piperazine rings is 1. The van der Waals surface area contributed by atoms with E-state index in [1.165, 1.54) is 0 Å². The third kappa shape index (κ3) is 5.27. The average molecular weight is 305 g/mol. The fourth-order valence-corrected chi connectivity index (χ4v) is 2.62. The van der Waals surface area contributed by atoms with Gasteiger partial charge in [-0.3, -0.25) is 9.69 Å². The standard InChI is InChI=1S/C16H27N5O/c1-3-17-14(2)12-19-16(22)13-20-8-10-21(11-9-20)15-6-4-5-7-18-15/h4-7,14,17H,3,8-13H2,1-2H3,(H,19,22)/t14-/m1/s1. The molecule has 122 valence electrons. The van der Waals surface area contributed by atoms with Gasteiger partial charge in [0.05, 0.1) is 6.54 Å². The molecule has 1 atom stereocenters. The number of carbonyl (C=O) groups is 1. The van der Waals surface area contributed by atoms with Crippen molar-refractivity contribution in [1.29, 1.82) is 0 Å². The van der Waals surface area contributed by atoms with Gasteiger partial charge in [-0.15, -0.1) is 0 Å². The number of aromatic nitrogens is 1. The lowest BCUT2D eigenvalue weighted by molar-refractivity contribution is -0.122. The molecular formula is C16H27N5O. The van der Waals surface area contributed by atoms with Gasteiger partial charge in [0.1, 0.15) is 5.82 Å². The summed E-state index contributed by atoms with van der Waals surface area (Å²) in [7, 11) is 0. The van der Waals surface area contributed by atoms with E-state index in [1.807, 2.05) is 24.4 Å². The first kappa shape index (κ1) is 16.7. The average Bonchev–Trinajstić information content (AvgIpc) is 2.55. The Bertz CT molecular complexity index is 445. The van der Waals surface area contributed by atoms with Crippen LogP contribution in [0.5, 0.6) is 0 Å². The van der Waals surface area contributed by atoms with Gasteiger partial charge in [-0.2, -0.15) is 0 Å². The highest BCUT2D eigenvalue weighted by molar-refractivity contribution is 5.78. The number of rotatable bonds is 7. The number of nitrogens with one attached hydrogen (secondary N) is 2. The molecule has 6 nitrogen and oxygen atoms in total. The maximum atomic E-state index is 12.0. The predicted molar refractivity (Wildman–Crippen MR) is 89.0 cm³/mol. The quantitative estimate of drug-likeness (QED) is 0.760. The van der Waals surface area contributed by atoms with E-state index in [4.69, 9.17) is 0 Å². The SMILES string of the molecule is CCN[C@H](C)CNC(=O)CN1CCN(c2ccccn2)CC1. The van der Waals surface area contributed by atoms with Crippen LogP contribution in [0.15, 0.2) is 24.4 Å². The second kappa shape index (κ2) is 8.70. The molecule has 0 unspecified atom stereocenters. The summed E-state index contributed by atoms with van der Waals surface area (Å²) in [6.45, 7) is 9.85. The van der Waals surface area contributed by atoms with E-state index >= 15 is 0 Å². The molecule has 1 aliphatic heterocycles. The molecule has 2 rings (SSSR count). The summed E-state index contributed by atoms with van der Waals surface area (Å²) < 4.78 is 0. The van der Waals surface area contributed by atoms with Gasteiger partial charge < -0.3 is 15.5 Å². The molecule has 1 aromatic heterocycles. The molecule has 22 heavy (non-hydrogen) atoms. The fraction of sp³-hybridized carbons (Fsp3) is 0.625. The fourth-order valence-electron chi connectivity index (χ4n) is 2.62. The van der Waals surface area contributed by atoms with Crippen LogP contribution in [0.25, 0.3) is 0 Å². The summed E-state index contributed by atoms with van der Waals surface area (Å²) in [5.41, 5.74) is 0. The zero-order valence-corrected chi connectivity index (χ0v) is 13.6. The highest BCUT2D eigenvalue weighted by Crippen LogP contribution is 2.12. The van der Waals surface area contributed by atoms with E-state index in [9.17, 15) is 4.79 Å². The van der Waals surface area contributed by atoms with Crippen LogP contribution < -0.4 is 15.5 Å². The number of anilines is 1. The van der Waals surface area contributed by atoms with Gasteiger partial charge in [0, 0.05) is 45.0 Å². The summed E-state index contributed by atoms with van der Waals surface area (Å²) in [4.78, 5) is 20.8. The van der Waals surface area contributed by atoms with E-state index in [0.717, 1.165) is 38.5 Å². The Balaban J connectivity index is 1.68. The van der Waals surface area contributed by atoms with Crippen molar-refractivity contribution in [3.8, 4) is 0 Å². The van der Waals surface area contributed by atoms with Crippen molar-refractivity contribution in [3.05, 3.63) is 24.4 Å². The zero-order chi connectivity index (χ0) is 15.8. The highest BCUT2D eigenvalue weighted by Gasteiger charge is 2.19. The van der Waals surface area contributed by atoms with Crippen molar-refractivity contribution >= 4 is 11.7 Å². The van der Waals surface area contributed by atoms with Gasteiger partial charge in [-0.05, 0) is 25.6 Å². The van der Waals surface area contributed by atoms with Crippen LogP contribution >= 0.6 is 0 Å². The Labute approximate surface area is 132 Å². The minimum absolute atomic E-state index is 0.107. The van der Waals surface area contributed by atoms with Crippen molar-refractivity contribution < 1.29 is 4.79 Å². The smallest absolute Gasteiger partial charge is 0.234 e. The summed E-state index contributed by atoms with van der Waals surface area (Å²) in [5, 5.41) is 6.27. The number of likely N-dealkylation sites (N-methyl/N-ethyl adjacent to an activating group) is 1. The number of pyridine rings is 1. The van der Waals surface area contributed by atoms with Gasteiger partial charge in [0.2, 0.25) is 5.91 Å². The highest BCUT2D eigenvalue weighted by atomic mass is 16.2. The lowest BCUT2D eigenvalue weighted by atomic mass is 10.3. The summed E-state index contributed by atoms with van der Waals surface area (Å²) in [6, 6.07) is 6.28. The zero-order valence-electron chi connectivity index (χ0n) is 13.6. The van der Waals surface area contributed by atoms with Gasteiger partial charge in [-0.1, -0.05) is 13.0 Å². The molecule has 0 saturated carbocycles. The molecule has 0 bridgehead atoms. The maximum Gasteiger partial charge on any atom is 0.234 e. The topological polar surface area (TPSA) is 60.5 Å². The second-order valence-electron chi connectivity index (χ2n) is 5.71. The Morgan fingerprint density at radius 1 is 1.32 bits per heavy atom. The molecule has 6 heteroatoms. The Hall–Kier alpha value is -1.66. The van der Waals surface area contributed by atoms with Gasteiger partial charge >= 0.3 is 0 Å². The summed E-state index contributed by atoms with van der Waals surface area (Å²) >= 11 is 0. The van der Waals surface area contributed by atoms with Gasteiger partial charge in [0.25, 0.3) is 0 Å². The molecule has 1 saturated heterocycles. The molecular weight excluding hydrogens is 278 g/mol. The first-order chi connectivity index (χ1) is 10.7. The van der Waals surface area contributed by atoms with E-state index in [1.54, 1.807) is 0 Å². The summed E-state index contributed by atoms with van der Waals surface area (Å²) in [5.74, 6) is 1.13. The van der Waals surface area contributed by atoms with Crippen LogP contribution in [0.1, 0.15) is 13.8 Å². The second-order valence-corrected chi connectivity index (χ2v) is 5.71. The van der Waals surface area contributed by atoms with Crippen LogP contribution in [0, 0.1) is 0 Å². The largest absolute Gasteiger partial charge is 0.354 e. The first-order valence-corrected chi connectivity index (χ1v) is 8.07. The Morgan fingerprint density at radius 2 is 2.09 bits per heavy atom. The number of carbonyl (C=O) groups excluding carboxylic acids is 1. The molecule has 0 spiro atoms. The van der Waals surface area contributed by atoms with E-state index in [0.29, 0.717) is 19.1 Å². The first-order valence-electron chi connectivity index (χ1n) is 8.07. The van der Waals surface area contributed by atoms with Gasteiger partial charge in [-0.25, -0.2) is 4.98 Å². The van der Waals surface area contributed by atoms with Crippen molar-refractivity contribution in [2.24, 2.45) is 0 Å².